The van der Waals surface area contributed by atoms with E-state index >= 15 is 0 Å². The van der Waals surface area contributed by atoms with Crippen LogP contribution in [0.3, 0.4) is 0 Å². The molecule has 5 nitrogen and oxygen atoms in total. The van der Waals surface area contributed by atoms with E-state index in [-0.39, 0.29) is 13.0 Å². The lowest BCUT2D eigenvalue weighted by Gasteiger charge is -2.23. The molecule has 2 aromatic carbocycles. The van der Waals surface area contributed by atoms with E-state index in [4.69, 9.17) is 10.00 Å². The van der Waals surface area contributed by atoms with Crippen LogP contribution >= 0.6 is 0 Å². The molecule has 0 bridgehead atoms. The van der Waals surface area contributed by atoms with Crippen molar-refractivity contribution < 1.29 is 19.7 Å². The second kappa shape index (κ2) is 6.74. The van der Waals surface area contributed by atoms with E-state index in [1.165, 1.54) is 0 Å². The molecule has 0 spiro atoms. The molecule has 2 rings (SSSR count). The number of aliphatic carboxylic acids is 1. The fourth-order valence-corrected chi connectivity index (χ4v) is 1.95. The van der Waals surface area contributed by atoms with Crippen LogP contribution in [0.15, 0.2) is 54.6 Å². The highest BCUT2D eigenvalue weighted by Crippen LogP contribution is 2.18. The molecule has 1 atom stereocenters. The van der Waals surface area contributed by atoms with Gasteiger partial charge in [0.1, 0.15) is 12.4 Å². The molecule has 0 aromatic heterocycles. The maximum Gasteiger partial charge on any atom is 0.339 e. The molecule has 0 unspecified atom stereocenters. The highest BCUT2D eigenvalue weighted by Gasteiger charge is 2.37. The van der Waals surface area contributed by atoms with Crippen LogP contribution < -0.4 is 4.74 Å². The van der Waals surface area contributed by atoms with Crippen molar-refractivity contribution in [2.45, 2.75) is 12.0 Å². The maximum absolute atomic E-state index is 11.4. The van der Waals surface area contributed by atoms with Gasteiger partial charge in [0.05, 0.1) is 11.6 Å². The third-order valence-corrected chi connectivity index (χ3v) is 3.20. The Morgan fingerprint density at radius 2 is 1.77 bits per heavy atom. The second-order valence-corrected chi connectivity index (χ2v) is 4.92. The number of carboxylic acid groups (broad SMARTS) is 1. The number of carbonyl (C=O) groups is 1. The van der Waals surface area contributed by atoms with Crippen LogP contribution in [-0.4, -0.2) is 28.4 Å². The number of nitrogens with zero attached hydrogens (tertiary/aromatic N) is 1. The Kier molecular flexibility index (Phi) is 4.77. The smallest absolute Gasteiger partial charge is 0.339 e. The molecular formula is C17H15NO4. The summed E-state index contributed by atoms with van der Waals surface area (Å²) in [6, 6.07) is 17.1. The molecule has 112 valence electrons. The van der Waals surface area contributed by atoms with E-state index in [2.05, 4.69) is 0 Å². The Balaban J connectivity index is 2.07. The van der Waals surface area contributed by atoms with Crippen LogP contribution in [0.2, 0.25) is 0 Å². The van der Waals surface area contributed by atoms with Crippen LogP contribution in [0.4, 0.5) is 0 Å². The van der Waals surface area contributed by atoms with Crippen LogP contribution in [-0.2, 0) is 11.2 Å². The number of rotatable bonds is 6. The Morgan fingerprint density at radius 3 is 2.32 bits per heavy atom. The molecule has 0 saturated heterocycles. The standard InChI is InChI=1S/C17H15NO4/c18-11-14-6-8-15(9-7-14)22-12-17(21,16(19)20)10-13-4-2-1-3-5-13/h1-9,21H,10,12H2,(H,19,20)/t17-/m0/s1. The zero-order valence-corrected chi connectivity index (χ0v) is 11.8. The minimum absolute atomic E-state index is 0.0561. The lowest BCUT2D eigenvalue weighted by atomic mass is 9.95. The first-order valence-electron chi connectivity index (χ1n) is 6.66. The summed E-state index contributed by atoms with van der Waals surface area (Å²) in [4.78, 5) is 11.4. The first-order chi connectivity index (χ1) is 10.5. The number of benzene rings is 2. The average Bonchev–Trinajstić information content (AvgIpc) is 2.54. The predicted octanol–water partition coefficient (Wildman–Crippen LogP) is 2.00. The molecule has 0 amide bonds. The van der Waals surface area contributed by atoms with Gasteiger partial charge in [-0.2, -0.15) is 5.26 Å². The molecule has 2 aromatic rings. The number of nitriles is 1. The van der Waals surface area contributed by atoms with Gasteiger partial charge in [-0.15, -0.1) is 0 Å². The Bertz CT molecular complexity index is 676. The fraction of sp³-hybridized carbons (Fsp3) is 0.176. The number of hydrogen-bond donors (Lipinski definition) is 2. The van der Waals surface area contributed by atoms with E-state index in [1.54, 1.807) is 48.5 Å². The minimum atomic E-state index is -2.02. The number of aliphatic hydroxyl groups is 1. The van der Waals surface area contributed by atoms with Crippen LogP contribution in [0.1, 0.15) is 11.1 Å². The van der Waals surface area contributed by atoms with Gasteiger partial charge >= 0.3 is 5.97 Å². The number of carboxylic acids is 1. The second-order valence-electron chi connectivity index (χ2n) is 4.92. The Hall–Kier alpha value is -2.84. The number of ether oxygens (including phenoxy) is 1. The van der Waals surface area contributed by atoms with Crippen molar-refractivity contribution in [3.8, 4) is 11.8 Å². The monoisotopic (exact) mass is 297 g/mol. The van der Waals surface area contributed by atoms with Gasteiger partial charge in [0, 0.05) is 6.42 Å². The van der Waals surface area contributed by atoms with Gasteiger partial charge < -0.3 is 14.9 Å². The molecule has 22 heavy (non-hydrogen) atoms. The van der Waals surface area contributed by atoms with Crippen molar-refractivity contribution in [2.24, 2.45) is 0 Å². The predicted molar refractivity (Wildman–Crippen MR) is 79.4 cm³/mol. The summed E-state index contributed by atoms with van der Waals surface area (Å²) >= 11 is 0. The molecule has 5 heteroatoms. The van der Waals surface area contributed by atoms with Crippen LogP contribution in [0.25, 0.3) is 0 Å². The van der Waals surface area contributed by atoms with Crippen molar-refractivity contribution in [2.75, 3.05) is 6.61 Å². The average molecular weight is 297 g/mol. The summed E-state index contributed by atoms with van der Waals surface area (Å²) in [5.41, 5.74) is -0.837. The maximum atomic E-state index is 11.4. The molecular weight excluding hydrogens is 282 g/mol. The molecule has 0 saturated carbocycles. The summed E-state index contributed by atoms with van der Waals surface area (Å²) in [5.74, 6) is -0.947. The van der Waals surface area contributed by atoms with Crippen molar-refractivity contribution in [3.05, 3.63) is 65.7 Å². The molecule has 0 aliphatic carbocycles. The van der Waals surface area contributed by atoms with Crippen molar-refractivity contribution >= 4 is 5.97 Å². The van der Waals surface area contributed by atoms with E-state index in [0.717, 1.165) is 0 Å². The Morgan fingerprint density at radius 1 is 1.14 bits per heavy atom. The molecule has 0 aliphatic rings. The summed E-state index contributed by atoms with van der Waals surface area (Å²) in [6.07, 6.45) is -0.0561. The SMILES string of the molecule is N#Cc1ccc(OC[C@@](O)(Cc2ccccc2)C(=O)O)cc1. The number of hydrogen-bond acceptors (Lipinski definition) is 4. The largest absolute Gasteiger partial charge is 0.490 e. The van der Waals surface area contributed by atoms with Crippen molar-refractivity contribution in [1.29, 1.82) is 5.26 Å². The normalized spacial score (nSPS) is 12.9. The fourth-order valence-electron chi connectivity index (χ4n) is 1.95. The molecule has 0 aliphatic heterocycles. The van der Waals surface area contributed by atoms with E-state index in [0.29, 0.717) is 16.9 Å². The summed E-state index contributed by atoms with van der Waals surface area (Å²) in [7, 11) is 0. The summed E-state index contributed by atoms with van der Waals surface area (Å²) in [5, 5.41) is 28.3. The quantitative estimate of drug-likeness (QED) is 0.851. The lowest BCUT2D eigenvalue weighted by molar-refractivity contribution is -0.161. The topological polar surface area (TPSA) is 90.5 Å². The lowest BCUT2D eigenvalue weighted by Crippen LogP contribution is -2.46. The molecule has 0 heterocycles. The molecule has 0 radical (unpaired) electrons. The molecule has 2 N–H and O–H groups in total. The first kappa shape index (κ1) is 15.5. The highest BCUT2D eigenvalue weighted by molar-refractivity contribution is 5.77. The first-order valence-corrected chi connectivity index (χ1v) is 6.66. The highest BCUT2D eigenvalue weighted by atomic mass is 16.5. The van der Waals surface area contributed by atoms with E-state index in [1.807, 2.05) is 12.1 Å². The van der Waals surface area contributed by atoms with E-state index in [9.17, 15) is 15.0 Å². The zero-order valence-electron chi connectivity index (χ0n) is 11.8. The summed E-state index contributed by atoms with van der Waals surface area (Å²) < 4.78 is 5.36. The van der Waals surface area contributed by atoms with Gasteiger partial charge in [-0.05, 0) is 29.8 Å². The van der Waals surface area contributed by atoms with Crippen LogP contribution in [0, 0.1) is 11.3 Å². The third kappa shape index (κ3) is 3.84. The Labute approximate surface area is 128 Å². The minimum Gasteiger partial charge on any atom is -0.490 e. The van der Waals surface area contributed by atoms with Gasteiger partial charge in [-0.25, -0.2) is 4.79 Å². The van der Waals surface area contributed by atoms with Gasteiger partial charge in [0.25, 0.3) is 0 Å². The third-order valence-electron chi connectivity index (χ3n) is 3.20. The van der Waals surface area contributed by atoms with Crippen molar-refractivity contribution in [1.82, 2.24) is 0 Å². The van der Waals surface area contributed by atoms with Gasteiger partial charge in [-0.1, -0.05) is 30.3 Å². The van der Waals surface area contributed by atoms with Gasteiger partial charge in [0.15, 0.2) is 5.60 Å². The van der Waals surface area contributed by atoms with E-state index < -0.39 is 11.6 Å². The van der Waals surface area contributed by atoms with Gasteiger partial charge in [0.2, 0.25) is 0 Å². The van der Waals surface area contributed by atoms with Crippen molar-refractivity contribution in [3.63, 3.8) is 0 Å². The molecule has 0 fully saturated rings. The summed E-state index contributed by atoms with van der Waals surface area (Å²) in [6.45, 7) is -0.386. The van der Waals surface area contributed by atoms with Gasteiger partial charge in [-0.3, -0.25) is 0 Å². The zero-order chi connectivity index (χ0) is 16.0. The van der Waals surface area contributed by atoms with Crippen LogP contribution in [0.5, 0.6) is 5.75 Å².